The smallest absolute Gasteiger partial charge is 0.243 e. The number of thiazole rings is 1. The van der Waals surface area contributed by atoms with Gasteiger partial charge in [-0.2, -0.15) is 0 Å². The topological polar surface area (TPSA) is 71.1 Å². The number of fused-ring (bicyclic) bond motifs is 1. The van der Waals surface area contributed by atoms with Gasteiger partial charge in [-0.25, -0.2) is 4.98 Å². The van der Waals surface area contributed by atoms with E-state index in [9.17, 15) is 9.59 Å². The molecule has 27 heavy (non-hydrogen) atoms. The van der Waals surface area contributed by atoms with E-state index in [-0.39, 0.29) is 11.8 Å². The van der Waals surface area contributed by atoms with Gasteiger partial charge in [0.15, 0.2) is 4.34 Å². The van der Waals surface area contributed by atoms with E-state index >= 15 is 0 Å². The van der Waals surface area contributed by atoms with Crippen molar-refractivity contribution in [2.75, 3.05) is 5.75 Å². The maximum atomic E-state index is 12.5. The van der Waals surface area contributed by atoms with Crippen LogP contribution in [0.3, 0.4) is 0 Å². The molecule has 0 bridgehead atoms. The van der Waals surface area contributed by atoms with Crippen molar-refractivity contribution in [3.63, 3.8) is 0 Å². The van der Waals surface area contributed by atoms with Gasteiger partial charge in [-0.15, -0.1) is 11.3 Å². The highest BCUT2D eigenvalue weighted by atomic mass is 33.1. The van der Waals surface area contributed by atoms with E-state index < -0.39 is 6.04 Å². The van der Waals surface area contributed by atoms with Gasteiger partial charge in [0.05, 0.1) is 10.2 Å². The molecule has 0 radical (unpaired) electrons. The van der Waals surface area contributed by atoms with Crippen LogP contribution in [0.25, 0.3) is 10.2 Å². The second-order valence-electron chi connectivity index (χ2n) is 5.77. The number of nitrogens with one attached hydrogen (secondary N) is 2. The minimum atomic E-state index is -0.585. The van der Waals surface area contributed by atoms with Crippen LogP contribution in [0, 0.1) is 0 Å². The number of hydrogen-bond donors (Lipinski definition) is 2. The summed E-state index contributed by atoms with van der Waals surface area (Å²) in [7, 11) is 3.04. The second-order valence-corrected chi connectivity index (χ2v) is 9.39. The van der Waals surface area contributed by atoms with Crippen molar-refractivity contribution in [1.82, 2.24) is 15.6 Å². The normalized spacial score (nSPS) is 11.9. The van der Waals surface area contributed by atoms with Crippen molar-refractivity contribution in [3.05, 3.63) is 60.2 Å². The Labute approximate surface area is 169 Å². The molecular formula is C19H19N3O2S3. The van der Waals surface area contributed by atoms with Crippen molar-refractivity contribution in [1.29, 1.82) is 0 Å². The predicted octanol–water partition coefficient (Wildman–Crippen LogP) is 3.86. The Kier molecular flexibility index (Phi) is 7.14. The van der Waals surface area contributed by atoms with E-state index in [4.69, 9.17) is 0 Å². The van der Waals surface area contributed by atoms with Crippen LogP contribution in [-0.2, 0) is 16.1 Å². The van der Waals surface area contributed by atoms with Crippen molar-refractivity contribution in [3.8, 4) is 0 Å². The molecular weight excluding hydrogens is 398 g/mol. The zero-order valence-electron chi connectivity index (χ0n) is 14.7. The average Bonchev–Trinajstić information content (AvgIpc) is 3.08. The van der Waals surface area contributed by atoms with Crippen LogP contribution < -0.4 is 10.6 Å². The van der Waals surface area contributed by atoms with Crippen molar-refractivity contribution < 1.29 is 9.59 Å². The minimum absolute atomic E-state index is 0.188. The summed E-state index contributed by atoms with van der Waals surface area (Å²) >= 11 is 1.62. The summed E-state index contributed by atoms with van der Waals surface area (Å²) in [6, 6.07) is 17.1. The molecule has 0 saturated heterocycles. The van der Waals surface area contributed by atoms with Gasteiger partial charge in [0, 0.05) is 19.2 Å². The van der Waals surface area contributed by atoms with Crippen LogP contribution in [0.5, 0.6) is 0 Å². The van der Waals surface area contributed by atoms with Gasteiger partial charge in [0.25, 0.3) is 0 Å². The lowest BCUT2D eigenvalue weighted by molar-refractivity contribution is -0.127. The molecule has 2 N–H and O–H groups in total. The number of carbonyl (C=O) groups is 2. The maximum absolute atomic E-state index is 12.5. The first-order valence-corrected chi connectivity index (χ1v) is 11.5. The molecule has 8 heteroatoms. The summed E-state index contributed by atoms with van der Waals surface area (Å²) in [5.41, 5.74) is 1.99. The Morgan fingerprint density at radius 1 is 1.11 bits per heavy atom. The number of amides is 2. The summed E-state index contributed by atoms with van der Waals surface area (Å²) in [4.78, 5) is 28.5. The van der Waals surface area contributed by atoms with E-state index in [1.54, 1.807) is 11.3 Å². The lowest BCUT2D eigenvalue weighted by Crippen LogP contribution is -2.47. The van der Waals surface area contributed by atoms with Crippen LogP contribution in [0.1, 0.15) is 12.5 Å². The van der Waals surface area contributed by atoms with Gasteiger partial charge < -0.3 is 10.6 Å². The molecule has 140 valence electrons. The molecule has 2 aromatic carbocycles. The molecule has 3 aromatic rings. The van der Waals surface area contributed by atoms with E-state index in [1.165, 1.54) is 28.5 Å². The van der Waals surface area contributed by atoms with E-state index in [0.29, 0.717) is 12.3 Å². The van der Waals surface area contributed by atoms with Crippen LogP contribution in [0.2, 0.25) is 0 Å². The number of carbonyl (C=O) groups excluding carboxylic acids is 2. The zero-order valence-corrected chi connectivity index (χ0v) is 17.1. The fourth-order valence-corrected chi connectivity index (χ4v) is 5.92. The van der Waals surface area contributed by atoms with Crippen molar-refractivity contribution in [2.24, 2.45) is 0 Å². The summed E-state index contributed by atoms with van der Waals surface area (Å²) < 4.78 is 2.08. The van der Waals surface area contributed by atoms with Gasteiger partial charge in [0.2, 0.25) is 11.8 Å². The van der Waals surface area contributed by atoms with Crippen LogP contribution in [0.4, 0.5) is 0 Å². The van der Waals surface area contributed by atoms with E-state index in [0.717, 1.165) is 20.1 Å². The largest absolute Gasteiger partial charge is 0.350 e. The third-order valence-electron chi connectivity index (χ3n) is 3.64. The Bertz CT molecular complexity index is 882. The van der Waals surface area contributed by atoms with Crippen LogP contribution in [0.15, 0.2) is 58.9 Å². The molecule has 0 aliphatic heterocycles. The highest BCUT2D eigenvalue weighted by molar-refractivity contribution is 8.77. The molecule has 1 aromatic heterocycles. The molecule has 0 aliphatic carbocycles. The van der Waals surface area contributed by atoms with Crippen molar-refractivity contribution >= 4 is 55.0 Å². The number of benzene rings is 2. The number of hydrogen-bond acceptors (Lipinski definition) is 6. The van der Waals surface area contributed by atoms with Gasteiger partial charge >= 0.3 is 0 Å². The van der Waals surface area contributed by atoms with Gasteiger partial charge in [0.1, 0.15) is 6.04 Å². The Balaban J connectivity index is 1.53. The third kappa shape index (κ3) is 5.98. The Morgan fingerprint density at radius 3 is 2.59 bits per heavy atom. The highest BCUT2D eigenvalue weighted by Gasteiger charge is 2.20. The van der Waals surface area contributed by atoms with Gasteiger partial charge in [-0.3, -0.25) is 9.59 Å². The second kappa shape index (κ2) is 9.77. The number of para-hydroxylation sites is 1. The average molecular weight is 418 g/mol. The molecule has 1 atom stereocenters. The lowest BCUT2D eigenvalue weighted by Gasteiger charge is -2.16. The summed E-state index contributed by atoms with van der Waals surface area (Å²) in [5, 5.41) is 5.61. The number of aromatic nitrogens is 1. The number of rotatable bonds is 8. The summed E-state index contributed by atoms with van der Waals surface area (Å²) in [6.45, 7) is 1.86. The highest BCUT2D eigenvalue weighted by Crippen LogP contribution is 2.36. The summed E-state index contributed by atoms with van der Waals surface area (Å²) in [5.74, 6) is 0.0488. The molecule has 0 saturated carbocycles. The SMILES string of the molecule is CC(=O)NC(CSSc1nc2ccccc2s1)C(=O)NCc1ccccc1. The third-order valence-corrected chi connectivity index (χ3v) is 7.35. The quantitative estimate of drug-likeness (QED) is 0.545. The maximum Gasteiger partial charge on any atom is 0.243 e. The molecule has 0 spiro atoms. The molecule has 5 nitrogen and oxygen atoms in total. The number of nitrogens with zero attached hydrogens (tertiary/aromatic N) is 1. The standard InChI is InChI=1S/C19H19N3O2S3/c1-13(23)21-16(18(24)20-11-14-7-3-2-4-8-14)12-25-27-19-22-15-9-5-6-10-17(15)26-19/h2-10,16H,11-12H2,1H3,(H,20,24)(H,21,23). The first-order valence-electron chi connectivity index (χ1n) is 8.35. The Morgan fingerprint density at radius 2 is 1.85 bits per heavy atom. The van der Waals surface area contributed by atoms with E-state index in [1.807, 2.05) is 54.6 Å². The zero-order chi connectivity index (χ0) is 19.1. The first kappa shape index (κ1) is 19.7. The molecule has 2 amide bonds. The Hall–Kier alpha value is -2.03. The van der Waals surface area contributed by atoms with Crippen molar-refractivity contribution in [2.45, 2.75) is 23.8 Å². The fraction of sp³-hybridized carbons (Fsp3) is 0.211. The van der Waals surface area contributed by atoms with Gasteiger partial charge in [-0.1, -0.05) is 53.3 Å². The van der Waals surface area contributed by atoms with E-state index in [2.05, 4.69) is 15.6 Å². The van der Waals surface area contributed by atoms with Crippen LogP contribution in [-0.4, -0.2) is 28.6 Å². The van der Waals surface area contributed by atoms with Gasteiger partial charge in [-0.05, 0) is 28.5 Å². The molecule has 1 heterocycles. The predicted molar refractivity (Wildman–Crippen MR) is 114 cm³/mol. The fourth-order valence-electron chi connectivity index (χ4n) is 2.38. The molecule has 1 unspecified atom stereocenters. The minimum Gasteiger partial charge on any atom is -0.350 e. The molecule has 0 fully saturated rings. The monoisotopic (exact) mass is 417 g/mol. The molecule has 0 aliphatic rings. The first-order chi connectivity index (χ1) is 13.1. The summed E-state index contributed by atoms with van der Waals surface area (Å²) in [6.07, 6.45) is 0. The van der Waals surface area contributed by atoms with Crippen LogP contribution >= 0.6 is 32.9 Å². The molecule has 3 rings (SSSR count). The lowest BCUT2D eigenvalue weighted by atomic mass is 10.2.